The zero-order valence-electron chi connectivity index (χ0n) is 32.8. The van der Waals surface area contributed by atoms with Crippen molar-refractivity contribution in [3.63, 3.8) is 0 Å². The largest absolute Gasteiger partial charge is 0.598 e. The van der Waals surface area contributed by atoms with Gasteiger partial charge in [-0.05, 0) is 123 Å². The molecule has 0 radical (unpaired) electrons. The van der Waals surface area contributed by atoms with Gasteiger partial charge in [0.1, 0.15) is 4.75 Å². The van der Waals surface area contributed by atoms with E-state index in [1.165, 1.54) is 0 Å². The minimum atomic E-state index is -1.92. The molecule has 12 heteroatoms. The number of rotatable bonds is 11. The predicted octanol–water partition coefficient (Wildman–Crippen LogP) is 10.4. The summed E-state index contributed by atoms with van der Waals surface area (Å²) in [5, 5.41) is 6.03. The molecule has 0 bridgehead atoms. The SMILES string of the molecule is CC(C)(C)[S@@+]([O-])NC(I)(c1cccc(-c2ccc3cnn(-c4cccc(CO[Si](C)(C)C(C)(C)C)n4)c3c2)n1)C1CC(O[Si](C)(C)C(C)(C)C)C1. The first-order valence-corrected chi connectivity index (χ1v) is 26.1. The molecule has 8 nitrogen and oxygen atoms in total. The van der Waals surface area contributed by atoms with Gasteiger partial charge in [0.25, 0.3) is 0 Å². The highest BCUT2D eigenvalue weighted by molar-refractivity contribution is 14.1. The number of alkyl halides is 1. The molecule has 0 spiro atoms. The molecule has 4 aromatic rings. The van der Waals surface area contributed by atoms with Crippen LogP contribution in [0.1, 0.15) is 86.5 Å². The van der Waals surface area contributed by atoms with Gasteiger partial charge < -0.3 is 13.4 Å². The van der Waals surface area contributed by atoms with Crippen LogP contribution in [0.3, 0.4) is 0 Å². The minimum Gasteiger partial charge on any atom is -0.598 e. The third-order valence-corrected chi connectivity index (χ3v) is 23.8. The van der Waals surface area contributed by atoms with Crippen molar-refractivity contribution >= 4 is 61.5 Å². The Labute approximate surface area is 325 Å². The summed E-state index contributed by atoms with van der Waals surface area (Å²) < 4.78 is 31.3. The monoisotopic (exact) mass is 859 g/mol. The normalized spacial score (nSPS) is 19.5. The Morgan fingerprint density at radius 1 is 0.882 bits per heavy atom. The standard InChI is InChI=1S/C39H58IN5O3SSi2/c1-36(2,3)49(46)44-39(40,29-23-31(24-29)48-51(12,13)38(7,8)9)34-18-15-17-32(43-34)27-20-21-28-25-41-45(33(28)22-27)35-19-14-16-30(42-35)26-47-50(10,11)37(4,5)6/h14-22,25,29,31,44H,23-24,26H2,1-13H3/t29?,31?,39?,49-/m1/s1. The summed E-state index contributed by atoms with van der Waals surface area (Å²) in [6, 6.07) is 18.5. The van der Waals surface area contributed by atoms with Gasteiger partial charge in [0.15, 0.2) is 26.0 Å². The maximum absolute atomic E-state index is 13.7. The van der Waals surface area contributed by atoms with Crippen molar-refractivity contribution in [2.24, 2.45) is 5.92 Å². The van der Waals surface area contributed by atoms with E-state index in [-0.39, 0.29) is 22.1 Å². The fourth-order valence-corrected chi connectivity index (χ4v) is 10.1. The molecule has 1 aromatic carbocycles. The second-order valence-corrected chi connectivity index (χ2v) is 31.4. The third-order valence-electron chi connectivity index (χ3n) is 11.1. The molecule has 0 aliphatic heterocycles. The van der Waals surface area contributed by atoms with E-state index in [0.717, 1.165) is 52.2 Å². The molecule has 1 aliphatic carbocycles. The van der Waals surface area contributed by atoms with E-state index < -0.39 is 36.3 Å². The number of hydrogen-bond acceptors (Lipinski definition) is 7. The van der Waals surface area contributed by atoms with Crippen LogP contribution in [0.4, 0.5) is 0 Å². The maximum Gasteiger partial charge on any atom is 0.192 e. The van der Waals surface area contributed by atoms with Crippen molar-refractivity contribution in [2.45, 2.75) is 132 Å². The summed E-state index contributed by atoms with van der Waals surface area (Å²) in [6.45, 7) is 29.2. The lowest BCUT2D eigenvalue weighted by Crippen LogP contribution is -2.57. The maximum atomic E-state index is 13.7. The first-order chi connectivity index (χ1) is 23.4. The molecular formula is C39H58IN5O3SSi2. The smallest absolute Gasteiger partial charge is 0.192 e. The minimum absolute atomic E-state index is 0.126. The molecule has 1 unspecified atom stereocenters. The highest BCUT2D eigenvalue weighted by atomic mass is 127. The number of nitrogens with one attached hydrogen (secondary N) is 1. The Hall–Kier alpha value is -1.66. The fraction of sp³-hybridized carbons (Fsp3) is 0.564. The number of hydrogen-bond donors (Lipinski definition) is 1. The molecule has 278 valence electrons. The van der Waals surface area contributed by atoms with Gasteiger partial charge in [0, 0.05) is 34.3 Å². The summed E-state index contributed by atoms with van der Waals surface area (Å²) in [5.74, 6) is 0.963. The summed E-state index contributed by atoms with van der Waals surface area (Å²) in [5.41, 5.74) is 4.54. The zero-order valence-corrected chi connectivity index (χ0v) is 37.8. The molecule has 0 amide bonds. The number of benzene rings is 1. The second-order valence-electron chi connectivity index (χ2n) is 18.1. The number of aromatic nitrogens is 4. The molecule has 2 atom stereocenters. The van der Waals surface area contributed by atoms with Crippen molar-refractivity contribution in [1.82, 2.24) is 24.5 Å². The van der Waals surface area contributed by atoms with Crippen LogP contribution in [0.2, 0.25) is 36.3 Å². The van der Waals surface area contributed by atoms with Crippen molar-refractivity contribution in [3.8, 4) is 17.1 Å². The van der Waals surface area contributed by atoms with Gasteiger partial charge in [-0.2, -0.15) is 5.10 Å². The van der Waals surface area contributed by atoms with Crippen LogP contribution in [-0.2, 0) is 30.4 Å². The Kier molecular flexibility index (Phi) is 11.5. The molecular weight excluding hydrogens is 802 g/mol. The Morgan fingerprint density at radius 3 is 2.16 bits per heavy atom. The fourth-order valence-electron chi connectivity index (χ4n) is 5.51. The van der Waals surface area contributed by atoms with Gasteiger partial charge in [-0.15, -0.1) is 4.72 Å². The quantitative estimate of drug-likeness (QED) is 0.0527. The van der Waals surface area contributed by atoms with Crippen LogP contribution in [-0.4, -0.2) is 51.8 Å². The van der Waals surface area contributed by atoms with Crippen molar-refractivity contribution in [2.75, 3.05) is 0 Å². The van der Waals surface area contributed by atoms with E-state index in [1.54, 1.807) is 0 Å². The summed E-state index contributed by atoms with van der Waals surface area (Å²) in [4.78, 5) is 10.2. The highest BCUT2D eigenvalue weighted by Crippen LogP contribution is 2.51. The number of pyridine rings is 2. The molecule has 3 heterocycles. The highest BCUT2D eigenvalue weighted by Gasteiger charge is 2.53. The number of nitrogens with zero attached hydrogens (tertiary/aromatic N) is 4. The van der Waals surface area contributed by atoms with Crippen LogP contribution in [0.25, 0.3) is 28.0 Å². The molecule has 1 saturated carbocycles. The summed E-state index contributed by atoms with van der Waals surface area (Å²) >= 11 is 1.18. The van der Waals surface area contributed by atoms with E-state index in [0.29, 0.717) is 6.61 Å². The second kappa shape index (κ2) is 14.5. The molecule has 1 N–H and O–H groups in total. The molecule has 5 rings (SSSR count). The van der Waals surface area contributed by atoms with E-state index in [4.69, 9.17) is 23.9 Å². The van der Waals surface area contributed by atoms with E-state index in [1.807, 2.05) is 55.9 Å². The average molecular weight is 860 g/mol. The number of fused-ring (bicyclic) bond motifs is 1. The van der Waals surface area contributed by atoms with Gasteiger partial charge >= 0.3 is 0 Å². The third kappa shape index (κ3) is 8.85. The lowest BCUT2D eigenvalue weighted by molar-refractivity contribution is 0.0325. The van der Waals surface area contributed by atoms with Crippen LogP contribution in [0.5, 0.6) is 0 Å². The van der Waals surface area contributed by atoms with E-state index in [9.17, 15) is 4.55 Å². The van der Waals surface area contributed by atoms with Gasteiger partial charge in [0.05, 0.1) is 35.4 Å². The van der Waals surface area contributed by atoms with Gasteiger partial charge in [-0.25, -0.2) is 14.6 Å². The predicted molar refractivity (Wildman–Crippen MR) is 226 cm³/mol. The summed E-state index contributed by atoms with van der Waals surface area (Å²) in [7, 11) is -3.82. The van der Waals surface area contributed by atoms with Crippen LogP contribution in [0.15, 0.2) is 60.8 Å². The first-order valence-electron chi connectivity index (χ1n) is 18.0. The van der Waals surface area contributed by atoms with Crippen molar-refractivity contribution in [3.05, 3.63) is 72.2 Å². The van der Waals surface area contributed by atoms with Crippen LogP contribution in [0, 0.1) is 5.92 Å². The van der Waals surface area contributed by atoms with Crippen molar-refractivity contribution in [1.29, 1.82) is 0 Å². The van der Waals surface area contributed by atoms with Gasteiger partial charge in [-0.3, -0.25) is 0 Å². The Morgan fingerprint density at radius 2 is 1.53 bits per heavy atom. The van der Waals surface area contributed by atoms with E-state index in [2.05, 4.69) is 125 Å². The lowest BCUT2D eigenvalue weighted by Gasteiger charge is -2.49. The van der Waals surface area contributed by atoms with E-state index >= 15 is 0 Å². The van der Waals surface area contributed by atoms with Gasteiger partial charge in [0.2, 0.25) is 0 Å². The lowest BCUT2D eigenvalue weighted by atomic mass is 9.76. The average Bonchev–Trinajstić information content (AvgIpc) is 3.43. The zero-order chi connectivity index (χ0) is 37.8. The molecule has 3 aromatic heterocycles. The molecule has 51 heavy (non-hydrogen) atoms. The topological polar surface area (TPSA) is 97.2 Å². The first kappa shape index (κ1) is 40.5. The Bertz CT molecular complexity index is 1840. The molecule has 1 fully saturated rings. The molecule has 0 saturated heterocycles. The summed E-state index contributed by atoms with van der Waals surface area (Å²) in [6.07, 6.45) is 3.87. The number of halogens is 1. The van der Waals surface area contributed by atoms with Crippen LogP contribution < -0.4 is 4.72 Å². The van der Waals surface area contributed by atoms with Crippen molar-refractivity contribution < 1.29 is 13.4 Å². The van der Waals surface area contributed by atoms with Crippen LogP contribution >= 0.6 is 22.6 Å². The Balaban J connectivity index is 1.44. The van der Waals surface area contributed by atoms with Gasteiger partial charge in [-0.1, -0.05) is 65.8 Å². The molecule has 1 aliphatic rings.